The quantitative estimate of drug-likeness (QED) is 0.801. The third-order valence-electron chi connectivity index (χ3n) is 3.49. The van der Waals surface area contributed by atoms with Crippen LogP contribution in [0, 0.1) is 0 Å². The van der Waals surface area contributed by atoms with Crippen LogP contribution in [0.15, 0.2) is 48.5 Å². The molecule has 5 heteroatoms. The van der Waals surface area contributed by atoms with Crippen LogP contribution in [0.2, 0.25) is 0 Å². The molecule has 0 aliphatic rings. The average molecular weight is 324 g/mol. The van der Waals surface area contributed by atoms with Gasteiger partial charge in [0.25, 0.3) is 11.8 Å². The van der Waals surface area contributed by atoms with E-state index in [2.05, 4.69) is 10.6 Å². The lowest BCUT2D eigenvalue weighted by Crippen LogP contribution is -2.24. The molecule has 0 unspecified atom stereocenters. The highest BCUT2D eigenvalue weighted by Gasteiger charge is 2.09. The van der Waals surface area contributed by atoms with E-state index in [4.69, 9.17) is 0 Å². The maximum atomic E-state index is 12.2. The number of anilines is 1. The number of amides is 2. The topological polar surface area (TPSA) is 75.3 Å². The van der Waals surface area contributed by atoms with Gasteiger partial charge in [0, 0.05) is 28.9 Å². The number of hydrogen-bond acceptors (Lipinski definition) is 3. The van der Waals surface area contributed by atoms with Crippen LogP contribution in [0.4, 0.5) is 5.69 Å². The molecular weight excluding hydrogens is 304 g/mol. The van der Waals surface area contributed by atoms with Gasteiger partial charge in [0.2, 0.25) is 0 Å². The summed E-state index contributed by atoms with van der Waals surface area (Å²) in [6.07, 6.45) is 0.870. The summed E-state index contributed by atoms with van der Waals surface area (Å²) in [5.74, 6) is -0.445. The molecule has 0 heterocycles. The van der Waals surface area contributed by atoms with Crippen molar-refractivity contribution >= 4 is 23.3 Å². The lowest BCUT2D eigenvalue weighted by Gasteiger charge is -2.07. The Hall–Kier alpha value is -2.95. The van der Waals surface area contributed by atoms with Gasteiger partial charge >= 0.3 is 0 Å². The third kappa shape index (κ3) is 4.52. The molecule has 0 spiro atoms. The molecule has 0 bridgehead atoms. The van der Waals surface area contributed by atoms with Crippen molar-refractivity contribution in [2.24, 2.45) is 0 Å². The Morgan fingerprint density at radius 2 is 1.29 bits per heavy atom. The van der Waals surface area contributed by atoms with Gasteiger partial charge in [0.05, 0.1) is 0 Å². The summed E-state index contributed by atoms with van der Waals surface area (Å²) in [6.45, 7) is 4.10. The molecule has 124 valence electrons. The van der Waals surface area contributed by atoms with Gasteiger partial charge in [-0.25, -0.2) is 0 Å². The summed E-state index contributed by atoms with van der Waals surface area (Å²) in [7, 11) is 0. The smallest absolute Gasteiger partial charge is 0.255 e. The highest BCUT2D eigenvalue weighted by Crippen LogP contribution is 2.12. The van der Waals surface area contributed by atoms with Crippen LogP contribution in [0.3, 0.4) is 0 Å². The molecule has 0 aliphatic heterocycles. The van der Waals surface area contributed by atoms with Crippen LogP contribution >= 0.6 is 0 Å². The lowest BCUT2D eigenvalue weighted by atomic mass is 10.1. The molecule has 2 aromatic carbocycles. The molecule has 0 saturated carbocycles. The molecule has 2 amide bonds. The molecule has 24 heavy (non-hydrogen) atoms. The minimum absolute atomic E-state index is 0.0233. The molecule has 0 aliphatic carbocycles. The Balaban J connectivity index is 2.02. The SMILES string of the molecule is CCCNC(=O)c1ccc(C(=O)Nc2ccc(C(C)=O)cc2)cc1. The van der Waals surface area contributed by atoms with Crippen LogP contribution < -0.4 is 10.6 Å². The van der Waals surface area contributed by atoms with Crippen LogP contribution in [0.25, 0.3) is 0 Å². The molecule has 0 radical (unpaired) electrons. The second-order valence-electron chi connectivity index (χ2n) is 5.42. The molecule has 2 aromatic rings. The van der Waals surface area contributed by atoms with Crippen LogP contribution in [-0.4, -0.2) is 24.1 Å². The molecule has 0 aromatic heterocycles. The first-order valence-corrected chi connectivity index (χ1v) is 7.82. The standard InChI is InChI=1S/C19H20N2O3/c1-3-12-20-18(23)15-4-6-16(7-5-15)19(24)21-17-10-8-14(9-11-17)13(2)22/h4-11H,3,12H2,1-2H3,(H,20,23)(H,21,24). The van der Waals surface area contributed by atoms with Gasteiger partial charge in [-0.2, -0.15) is 0 Å². The van der Waals surface area contributed by atoms with E-state index in [1.807, 2.05) is 6.92 Å². The molecule has 2 rings (SSSR count). The fourth-order valence-electron chi connectivity index (χ4n) is 2.11. The van der Waals surface area contributed by atoms with Gasteiger partial charge < -0.3 is 10.6 Å². The molecule has 0 atom stereocenters. The summed E-state index contributed by atoms with van der Waals surface area (Å²) in [5, 5.41) is 5.54. The van der Waals surface area contributed by atoms with Gasteiger partial charge in [0.15, 0.2) is 5.78 Å². The highest BCUT2D eigenvalue weighted by molar-refractivity contribution is 6.05. The largest absolute Gasteiger partial charge is 0.352 e. The maximum absolute atomic E-state index is 12.2. The average Bonchev–Trinajstić information content (AvgIpc) is 2.60. The van der Waals surface area contributed by atoms with Crippen molar-refractivity contribution in [3.8, 4) is 0 Å². The minimum atomic E-state index is -0.272. The molecule has 5 nitrogen and oxygen atoms in total. The van der Waals surface area contributed by atoms with E-state index in [9.17, 15) is 14.4 Å². The number of carbonyl (C=O) groups is 3. The van der Waals surface area contributed by atoms with Crippen LogP contribution in [0.5, 0.6) is 0 Å². The third-order valence-corrected chi connectivity index (χ3v) is 3.49. The number of hydrogen-bond donors (Lipinski definition) is 2. The number of nitrogens with one attached hydrogen (secondary N) is 2. The highest BCUT2D eigenvalue weighted by atomic mass is 16.2. The van der Waals surface area contributed by atoms with Gasteiger partial charge in [-0.1, -0.05) is 6.92 Å². The summed E-state index contributed by atoms with van der Waals surface area (Å²) in [4.78, 5) is 35.3. The van der Waals surface area contributed by atoms with Crippen molar-refractivity contribution in [1.82, 2.24) is 5.32 Å². The van der Waals surface area contributed by atoms with Crippen molar-refractivity contribution in [3.63, 3.8) is 0 Å². The predicted molar refractivity (Wildman–Crippen MR) is 93.5 cm³/mol. The minimum Gasteiger partial charge on any atom is -0.352 e. The zero-order chi connectivity index (χ0) is 17.5. The summed E-state index contributed by atoms with van der Waals surface area (Å²) in [5.41, 5.74) is 2.17. The van der Waals surface area contributed by atoms with Gasteiger partial charge in [-0.3, -0.25) is 14.4 Å². The van der Waals surface area contributed by atoms with E-state index < -0.39 is 0 Å². The Bertz CT molecular complexity index is 734. The zero-order valence-electron chi connectivity index (χ0n) is 13.8. The Labute approximate surface area is 141 Å². The molecule has 2 N–H and O–H groups in total. The Kier molecular flexibility index (Phi) is 5.84. The van der Waals surface area contributed by atoms with E-state index in [0.29, 0.717) is 28.9 Å². The number of ketones is 1. The first-order valence-electron chi connectivity index (χ1n) is 7.82. The summed E-state index contributed by atoms with van der Waals surface area (Å²) in [6, 6.07) is 13.2. The lowest BCUT2D eigenvalue weighted by molar-refractivity contribution is 0.0951. The number of rotatable bonds is 6. The van der Waals surface area contributed by atoms with Gasteiger partial charge in [-0.05, 0) is 61.9 Å². The Morgan fingerprint density at radius 3 is 1.79 bits per heavy atom. The molecule has 0 fully saturated rings. The van der Waals surface area contributed by atoms with E-state index in [-0.39, 0.29) is 17.6 Å². The normalized spacial score (nSPS) is 10.1. The van der Waals surface area contributed by atoms with E-state index in [0.717, 1.165) is 6.42 Å². The number of Topliss-reactive ketones (excluding diaryl/α,β-unsaturated/α-hetero) is 1. The van der Waals surface area contributed by atoms with Crippen LogP contribution in [0.1, 0.15) is 51.3 Å². The number of carbonyl (C=O) groups excluding carboxylic acids is 3. The maximum Gasteiger partial charge on any atom is 0.255 e. The molecular formula is C19H20N2O3. The second-order valence-corrected chi connectivity index (χ2v) is 5.42. The van der Waals surface area contributed by atoms with Crippen molar-refractivity contribution < 1.29 is 14.4 Å². The van der Waals surface area contributed by atoms with Crippen molar-refractivity contribution in [1.29, 1.82) is 0 Å². The fourth-order valence-corrected chi connectivity index (χ4v) is 2.11. The van der Waals surface area contributed by atoms with Crippen LogP contribution in [-0.2, 0) is 0 Å². The van der Waals surface area contributed by atoms with Crippen molar-refractivity contribution in [3.05, 3.63) is 65.2 Å². The van der Waals surface area contributed by atoms with E-state index in [1.54, 1.807) is 48.5 Å². The van der Waals surface area contributed by atoms with Gasteiger partial charge in [-0.15, -0.1) is 0 Å². The second kappa shape index (κ2) is 8.06. The zero-order valence-corrected chi connectivity index (χ0v) is 13.8. The predicted octanol–water partition coefficient (Wildman–Crippen LogP) is 3.28. The first-order chi connectivity index (χ1) is 11.5. The number of benzene rings is 2. The van der Waals surface area contributed by atoms with Crippen molar-refractivity contribution in [2.75, 3.05) is 11.9 Å². The Morgan fingerprint density at radius 1 is 0.792 bits per heavy atom. The van der Waals surface area contributed by atoms with E-state index in [1.165, 1.54) is 6.92 Å². The van der Waals surface area contributed by atoms with Gasteiger partial charge in [0.1, 0.15) is 0 Å². The summed E-state index contributed by atoms with van der Waals surface area (Å²) >= 11 is 0. The van der Waals surface area contributed by atoms with E-state index >= 15 is 0 Å². The molecule has 0 saturated heterocycles. The summed E-state index contributed by atoms with van der Waals surface area (Å²) < 4.78 is 0. The van der Waals surface area contributed by atoms with Crippen molar-refractivity contribution in [2.45, 2.75) is 20.3 Å². The fraction of sp³-hybridized carbons (Fsp3) is 0.211. The first kappa shape index (κ1) is 17.4. The monoisotopic (exact) mass is 324 g/mol.